The van der Waals surface area contributed by atoms with E-state index in [0.717, 1.165) is 4.90 Å². The van der Waals surface area contributed by atoms with Gasteiger partial charge in [-0.25, -0.2) is 4.68 Å². The van der Waals surface area contributed by atoms with E-state index in [4.69, 9.17) is 4.74 Å². The lowest BCUT2D eigenvalue weighted by Gasteiger charge is -2.17. The number of aryl methyl sites for hydroxylation is 2. The van der Waals surface area contributed by atoms with Crippen molar-refractivity contribution in [1.29, 1.82) is 0 Å². The fourth-order valence-electron chi connectivity index (χ4n) is 2.33. The maximum Gasteiger partial charge on any atom is 0.314 e. The van der Waals surface area contributed by atoms with Crippen molar-refractivity contribution in [3.8, 4) is 5.88 Å². The van der Waals surface area contributed by atoms with E-state index >= 15 is 0 Å². The molecular weight excluding hydrogens is 352 g/mol. The van der Waals surface area contributed by atoms with Crippen LogP contribution < -0.4 is 15.4 Å². The molecule has 2 rings (SSSR count). The summed E-state index contributed by atoms with van der Waals surface area (Å²) in [7, 11) is 3.17. The Morgan fingerprint density at radius 1 is 1.12 bits per heavy atom. The third-order valence-corrected chi connectivity index (χ3v) is 4.46. The highest BCUT2D eigenvalue weighted by molar-refractivity contribution is 8.00. The zero-order valence-electron chi connectivity index (χ0n) is 15.8. The van der Waals surface area contributed by atoms with Crippen LogP contribution in [0.15, 0.2) is 29.2 Å². The molecule has 0 saturated heterocycles. The highest BCUT2D eigenvalue weighted by Crippen LogP contribution is 2.32. The molecule has 0 radical (unpaired) electrons. The third-order valence-electron chi connectivity index (χ3n) is 3.34. The van der Waals surface area contributed by atoms with Crippen molar-refractivity contribution < 1.29 is 14.3 Å². The van der Waals surface area contributed by atoms with E-state index in [1.807, 2.05) is 12.1 Å². The number of rotatable bonds is 4. The molecule has 8 heteroatoms. The number of nitrogens with zero attached hydrogens (tertiary/aromatic N) is 2. The number of carbonyl (C=O) groups excluding carboxylic acids is 2. The number of amides is 2. The normalized spacial score (nSPS) is 11.2. The Balaban J connectivity index is 2.02. The van der Waals surface area contributed by atoms with Crippen LogP contribution in [0.2, 0.25) is 0 Å². The van der Waals surface area contributed by atoms with E-state index in [1.54, 1.807) is 37.9 Å². The molecular formula is C18H24N4O3S. The second-order valence-corrected chi connectivity index (χ2v) is 8.64. The van der Waals surface area contributed by atoms with Gasteiger partial charge in [-0.15, -0.1) is 11.8 Å². The smallest absolute Gasteiger partial charge is 0.314 e. The first-order chi connectivity index (χ1) is 12.1. The first kappa shape index (κ1) is 19.8. The zero-order chi connectivity index (χ0) is 19.5. The molecule has 0 atom stereocenters. The Morgan fingerprint density at radius 3 is 2.23 bits per heavy atom. The summed E-state index contributed by atoms with van der Waals surface area (Å²) in [5, 5.41) is 9.30. The molecule has 0 saturated carbocycles. The number of hydrogen-bond acceptors (Lipinski definition) is 5. The van der Waals surface area contributed by atoms with Crippen molar-refractivity contribution in [1.82, 2.24) is 9.78 Å². The predicted molar refractivity (Wildman–Crippen MR) is 104 cm³/mol. The number of thioether (sulfide) groups is 1. The van der Waals surface area contributed by atoms with Crippen LogP contribution in [0.4, 0.5) is 11.4 Å². The minimum Gasteiger partial charge on any atom is -0.480 e. The number of anilines is 2. The van der Waals surface area contributed by atoms with Gasteiger partial charge in [0.1, 0.15) is 5.69 Å². The molecule has 0 aliphatic heterocycles. The molecule has 0 bridgehead atoms. The fourth-order valence-corrected chi connectivity index (χ4v) is 3.31. The maximum atomic E-state index is 12.2. The van der Waals surface area contributed by atoms with Crippen molar-refractivity contribution in [3.05, 3.63) is 30.0 Å². The topological polar surface area (TPSA) is 85.2 Å². The van der Waals surface area contributed by atoms with E-state index < -0.39 is 11.8 Å². The van der Waals surface area contributed by atoms with Crippen LogP contribution in [-0.4, -0.2) is 33.5 Å². The molecule has 1 heterocycles. The van der Waals surface area contributed by atoms with E-state index in [9.17, 15) is 9.59 Å². The third kappa shape index (κ3) is 5.01. The second-order valence-electron chi connectivity index (χ2n) is 6.74. The van der Waals surface area contributed by atoms with Crippen molar-refractivity contribution >= 4 is 35.0 Å². The van der Waals surface area contributed by atoms with Gasteiger partial charge in [-0.3, -0.25) is 9.59 Å². The molecule has 0 aliphatic rings. The first-order valence-electron chi connectivity index (χ1n) is 8.09. The minimum atomic E-state index is -0.785. The maximum absolute atomic E-state index is 12.2. The number of methoxy groups -OCH3 is 1. The van der Waals surface area contributed by atoms with Gasteiger partial charge in [-0.1, -0.05) is 20.8 Å². The molecule has 1 aromatic carbocycles. The number of aromatic nitrogens is 2. The van der Waals surface area contributed by atoms with Gasteiger partial charge in [-0.05, 0) is 31.2 Å². The lowest BCUT2D eigenvalue weighted by Crippen LogP contribution is -2.29. The van der Waals surface area contributed by atoms with Gasteiger partial charge < -0.3 is 15.4 Å². The standard InChI is InChI=1S/C18H24N4O3S/c1-11-14(17(25-6)22(5)21-11)20-16(24)15(23)19-12-7-9-13(10-8-12)26-18(2,3)4/h7-10H,1-6H3,(H,19,23)(H,20,24). The quantitative estimate of drug-likeness (QED) is 0.632. The molecule has 1 aromatic heterocycles. The Bertz CT molecular complexity index is 807. The van der Waals surface area contributed by atoms with E-state index in [2.05, 4.69) is 36.5 Å². The summed E-state index contributed by atoms with van der Waals surface area (Å²) in [5.41, 5.74) is 1.50. The van der Waals surface area contributed by atoms with Crippen LogP contribution in [0.25, 0.3) is 0 Å². The average molecular weight is 376 g/mol. The van der Waals surface area contributed by atoms with Crippen LogP contribution >= 0.6 is 11.8 Å². The van der Waals surface area contributed by atoms with Crippen LogP contribution in [0, 0.1) is 6.92 Å². The van der Waals surface area contributed by atoms with E-state index in [1.165, 1.54) is 11.8 Å². The van der Waals surface area contributed by atoms with Crippen molar-refractivity contribution in [2.75, 3.05) is 17.7 Å². The molecule has 2 aromatic rings. The van der Waals surface area contributed by atoms with E-state index in [0.29, 0.717) is 22.9 Å². The van der Waals surface area contributed by atoms with Gasteiger partial charge in [0.15, 0.2) is 0 Å². The fraction of sp³-hybridized carbons (Fsp3) is 0.389. The predicted octanol–water partition coefficient (Wildman–Crippen LogP) is 3.20. The molecule has 0 unspecified atom stereocenters. The SMILES string of the molecule is COc1c(NC(=O)C(=O)Nc2ccc(SC(C)(C)C)cc2)c(C)nn1C. The van der Waals surface area contributed by atoms with E-state index in [-0.39, 0.29) is 4.75 Å². The molecule has 2 amide bonds. The molecule has 0 aliphatic carbocycles. The first-order valence-corrected chi connectivity index (χ1v) is 8.91. The summed E-state index contributed by atoms with van der Waals surface area (Å²) in [6.07, 6.45) is 0. The lowest BCUT2D eigenvalue weighted by molar-refractivity contribution is -0.133. The Labute approximate surface area is 157 Å². The summed E-state index contributed by atoms with van der Waals surface area (Å²) < 4.78 is 6.80. The number of nitrogens with one attached hydrogen (secondary N) is 2. The van der Waals surface area contributed by atoms with Gasteiger partial charge >= 0.3 is 11.8 Å². The van der Waals surface area contributed by atoms with Crippen LogP contribution in [-0.2, 0) is 16.6 Å². The summed E-state index contributed by atoms with van der Waals surface area (Å²) in [4.78, 5) is 25.4. The second kappa shape index (κ2) is 7.82. The monoisotopic (exact) mass is 376 g/mol. The molecule has 7 nitrogen and oxygen atoms in total. The number of carbonyl (C=O) groups is 2. The molecule has 0 fully saturated rings. The summed E-state index contributed by atoms with van der Waals surface area (Å²) >= 11 is 1.73. The largest absolute Gasteiger partial charge is 0.480 e. The molecule has 0 spiro atoms. The number of hydrogen-bond donors (Lipinski definition) is 2. The van der Waals surface area contributed by atoms with Crippen molar-refractivity contribution in [2.45, 2.75) is 37.3 Å². The highest BCUT2D eigenvalue weighted by atomic mass is 32.2. The van der Waals surface area contributed by atoms with Gasteiger partial charge in [0.2, 0.25) is 5.88 Å². The van der Waals surface area contributed by atoms with Crippen molar-refractivity contribution in [3.63, 3.8) is 0 Å². The Morgan fingerprint density at radius 2 is 1.69 bits per heavy atom. The number of benzene rings is 1. The average Bonchev–Trinajstić information content (AvgIpc) is 2.81. The molecule has 2 N–H and O–H groups in total. The van der Waals surface area contributed by atoms with Crippen LogP contribution in [0.3, 0.4) is 0 Å². The van der Waals surface area contributed by atoms with Gasteiger partial charge in [0.25, 0.3) is 0 Å². The van der Waals surface area contributed by atoms with Crippen molar-refractivity contribution in [2.24, 2.45) is 7.05 Å². The van der Waals surface area contributed by atoms with Crippen LogP contribution in [0.1, 0.15) is 26.5 Å². The van der Waals surface area contributed by atoms with Gasteiger partial charge in [0.05, 0.1) is 12.8 Å². The Kier molecular flexibility index (Phi) is 5.97. The summed E-state index contributed by atoms with van der Waals surface area (Å²) in [5.74, 6) is -1.16. The van der Waals surface area contributed by atoms with Gasteiger partial charge in [-0.2, -0.15) is 5.10 Å². The lowest BCUT2D eigenvalue weighted by atomic mass is 10.3. The van der Waals surface area contributed by atoms with Gasteiger partial charge in [0, 0.05) is 22.4 Å². The molecule has 140 valence electrons. The number of ether oxygens (including phenoxy) is 1. The molecule has 26 heavy (non-hydrogen) atoms. The zero-order valence-corrected chi connectivity index (χ0v) is 16.7. The highest BCUT2D eigenvalue weighted by Gasteiger charge is 2.21. The van der Waals surface area contributed by atoms with Crippen LogP contribution in [0.5, 0.6) is 5.88 Å². The summed E-state index contributed by atoms with van der Waals surface area (Å²) in [6.45, 7) is 8.12. The Hall–Kier alpha value is -2.48. The summed E-state index contributed by atoms with van der Waals surface area (Å²) in [6, 6.07) is 7.37. The minimum absolute atomic E-state index is 0.102.